The molecule has 4 atom stereocenters. The second-order valence-corrected chi connectivity index (χ2v) is 4.72. The number of fused-ring (bicyclic) bond motifs is 1. The molecule has 2 aromatic heterocycles. The topological polar surface area (TPSA) is 144 Å². The number of nitriles is 1. The number of aliphatic hydroxyl groups is 3. The van der Waals surface area contributed by atoms with E-state index in [-0.39, 0.29) is 16.6 Å². The van der Waals surface area contributed by atoms with Crippen molar-refractivity contribution >= 4 is 11.0 Å². The number of hydrogen-bond acceptors (Lipinski definition) is 7. The number of nitrogens with zero attached hydrogens (tertiary/aromatic N) is 3. The Morgan fingerprint density at radius 3 is 2.86 bits per heavy atom. The van der Waals surface area contributed by atoms with Crippen LogP contribution in [0, 0.1) is 11.3 Å². The molecule has 21 heavy (non-hydrogen) atoms. The molecule has 0 saturated carbocycles. The van der Waals surface area contributed by atoms with E-state index in [9.17, 15) is 15.0 Å². The van der Waals surface area contributed by atoms with Gasteiger partial charge in [0, 0.05) is 6.20 Å². The Bertz CT molecular complexity index is 776. The molecule has 110 valence electrons. The van der Waals surface area contributed by atoms with Gasteiger partial charge in [0.1, 0.15) is 29.8 Å². The van der Waals surface area contributed by atoms with E-state index in [1.54, 1.807) is 0 Å². The second-order valence-electron chi connectivity index (χ2n) is 4.72. The van der Waals surface area contributed by atoms with Gasteiger partial charge in [-0.3, -0.25) is 4.79 Å². The lowest BCUT2D eigenvalue weighted by molar-refractivity contribution is -0.0508. The fourth-order valence-electron chi connectivity index (χ4n) is 2.48. The lowest BCUT2D eigenvalue weighted by Gasteiger charge is -2.16. The minimum Gasteiger partial charge on any atom is -0.394 e. The zero-order chi connectivity index (χ0) is 15.1. The van der Waals surface area contributed by atoms with E-state index in [0.717, 1.165) is 0 Å². The van der Waals surface area contributed by atoms with Crippen LogP contribution in [0.4, 0.5) is 0 Å². The van der Waals surface area contributed by atoms with Gasteiger partial charge in [-0.1, -0.05) is 0 Å². The molecule has 2 aromatic rings. The van der Waals surface area contributed by atoms with E-state index < -0.39 is 36.7 Å². The van der Waals surface area contributed by atoms with Crippen LogP contribution < -0.4 is 5.56 Å². The van der Waals surface area contributed by atoms with Crippen LogP contribution >= 0.6 is 0 Å². The molecule has 1 fully saturated rings. The van der Waals surface area contributed by atoms with Crippen molar-refractivity contribution in [2.45, 2.75) is 24.5 Å². The molecule has 9 nitrogen and oxygen atoms in total. The molecule has 9 heteroatoms. The zero-order valence-corrected chi connectivity index (χ0v) is 10.7. The average molecular weight is 292 g/mol. The predicted molar refractivity (Wildman–Crippen MR) is 68.1 cm³/mol. The predicted octanol–water partition coefficient (Wildman–Crippen LogP) is -1.79. The summed E-state index contributed by atoms with van der Waals surface area (Å²) in [6.07, 6.45) is -2.09. The normalized spacial score (nSPS) is 28.9. The van der Waals surface area contributed by atoms with Crippen molar-refractivity contribution in [1.29, 1.82) is 5.26 Å². The lowest BCUT2D eigenvalue weighted by atomic mass is 10.1. The van der Waals surface area contributed by atoms with Crippen LogP contribution in [-0.4, -0.2) is 54.8 Å². The van der Waals surface area contributed by atoms with E-state index in [1.165, 1.54) is 17.1 Å². The average Bonchev–Trinajstić information content (AvgIpc) is 2.99. The number of aromatic amines is 1. The van der Waals surface area contributed by atoms with Gasteiger partial charge in [0.2, 0.25) is 0 Å². The zero-order valence-electron chi connectivity index (χ0n) is 10.7. The largest absolute Gasteiger partial charge is 0.394 e. The number of H-pyrrole nitrogens is 1. The molecule has 0 amide bonds. The Kier molecular flexibility index (Phi) is 3.23. The van der Waals surface area contributed by atoms with Gasteiger partial charge in [0.15, 0.2) is 11.9 Å². The van der Waals surface area contributed by atoms with Crippen LogP contribution in [0.15, 0.2) is 17.3 Å². The SMILES string of the molecule is N#Cc1cn([C@@H]2O[C@@H](CO)[C@@H](O)[C@@H]2O)c2nc[nH]c(=O)c12. The third-order valence-corrected chi connectivity index (χ3v) is 3.53. The summed E-state index contributed by atoms with van der Waals surface area (Å²) in [7, 11) is 0. The second kappa shape index (κ2) is 4.94. The quantitative estimate of drug-likeness (QED) is 0.511. The highest BCUT2D eigenvalue weighted by atomic mass is 16.6. The first kappa shape index (κ1) is 13.7. The fourth-order valence-corrected chi connectivity index (χ4v) is 2.48. The Labute approximate surface area is 117 Å². The van der Waals surface area contributed by atoms with E-state index in [2.05, 4.69) is 9.97 Å². The monoisotopic (exact) mass is 292 g/mol. The van der Waals surface area contributed by atoms with Crippen molar-refractivity contribution in [2.75, 3.05) is 6.61 Å². The van der Waals surface area contributed by atoms with Crippen molar-refractivity contribution in [3.05, 3.63) is 28.4 Å². The van der Waals surface area contributed by atoms with Gasteiger partial charge in [0.05, 0.1) is 18.5 Å². The molecule has 3 heterocycles. The van der Waals surface area contributed by atoms with Crippen LogP contribution in [-0.2, 0) is 4.74 Å². The van der Waals surface area contributed by atoms with E-state index >= 15 is 0 Å². The molecule has 1 aliphatic rings. The van der Waals surface area contributed by atoms with Crippen LogP contribution in [0.25, 0.3) is 11.0 Å². The van der Waals surface area contributed by atoms with Crippen LogP contribution in [0.5, 0.6) is 0 Å². The summed E-state index contributed by atoms with van der Waals surface area (Å²) < 4.78 is 6.69. The molecule has 0 aromatic carbocycles. The van der Waals surface area contributed by atoms with Gasteiger partial charge < -0.3 is 29.6 Å². The number of aliphatic hydroxyl groups excluding tert-OH is 3. The fraction of sp³-hybridized carbons (Fsp3) is 0.417. The Hall–Kier alpha value is -2.25. The maximum absolute atomic E-state index is 11.8. The van der Waals surface area contributed by atoms with E-state index in [1.807, 2.05) is 6.07 Å². The van der Waals surface area contributed by atoms with Crippen LogP contribution in [0.3, 0.4) is 0 Å². The number of hydrogen-bond donors (Lipinski definition) is 4. The molecule has 0 bridgehead atoms. The third-order valence-electron chi connectivity index (χ3n) is 3.53. The molecule has 0 unspecified atom stereocenters. The Morgan fingerprint density at radius 2 is 2.24 bits per heavy atom. The molecule has 3 rings (SSSR count). The summed E-state index contributed by atoms with van der Waals surface area (Å²) in [4.78, 5) is 18.2. The number of nitrogens with one attached hydrogen (secondary N) is 1. The van der Waals surface area contributed by atoms with Gasteiger partial charge in [-0.15, -0.1) is 0 Å². The molecular weight excluding hydrogens is 280 g/mol. The Morgan fingerprint density at radius 1 is 1.48 bits per heavy atom. The van der Waals surface area contributed by atoms with E-state index in [4.69, 9.17) is 15.1 Å². The van der Waals surface area contributed by atoms with Crippen molar-refractivity contribution in [2.24, 2.45) is 0 Å². The highest BCUT2D eigenvalue weighted by Crippen LogP contribution is 2.32. The molecule has 1 saturated heterocycles. The van der Waals surface area contributed by atoms with Crippen LogP contribution in [0.1, 0.15) is 11.8 Å². The summed E-state index contributed by atoms with van der Waals surface area (Å²) in [5.74, 6) is 0. The summed E-state index contributed by atoms with van der Waals surface area (Å²) in [5, 5.41) is 38.1. The van der Waals surface area contributed by atoms with E-state index in [0.29, 0.717) is 0 Å². The maximum atomic E-state index is 11.8. The molecule has 1 aliphatic heterocycles. The van der Waals surface area contributed by atoms with Crippen molar-refractivity contribution in [3.8, 4) is 6.07 Å². The number of aromatic nitrogens is 3. The summed E-state index contributed by atoms with van der Waals surface area (Å²) in [5.41, 5.74) is -0.246. The summed E-state index contributed by atoms with van der Waals surface area (Å²) in [6.45, 7) is -0.465. The number of ether oxygens (including phenoxy) is 1. The summed E-state index contributed by atoms with van der Waals surface area (Å²) >= 11 is 0. The van der Waals surface area contributed by atoms with Crippen molar-refractivity contribution in [3.63, 3.8) is 0 Å². The highest BCUT2D eigenvalue weighted by molar-refractivity contribution is 5.82. The summed E-state index contributed by atoms with van der Waals surface area (Å²) in [6, 6.07) is 1.88. The molecule has 4 N–H and O–H groups in total. The van der Waals surface area contributed by atoms with Crippen molar-refractivity contribution in [1.82, 2.24) is 14.5 Å². The van der Waals surface area contributed by atoms with Gasteiger partial charge >= 0.3 is 0 Å². The first-order valence-electron chi connectivity index (χ1n) is 6.19. The number of rotatable bonds is 2. The Balaban J connectivity index is 2.17. The van der Waals surface area contributed by atoms with Gasteiger partial charge in [-0.2, -0.15) is 5.26 Å². The van der Waals surface area contributed by atoms with Crippen LogP contribution in [0.2, 0.25) is 0 Å². The third kappa shape index (κ3) is 1.93. The highest BCUT2D eigenvalue weighted by Gasteiger charge is 2.44. The molecule has 0 spiro atoms. The molecule has 0 radical (unpaired) electrons. The first-order chi connectivity index (χ1) is 10.1. The van der Waals surface area contributed by atoms with Gasteiger partial charge in [-0.25, -0.2) is 4.98 Å². The standard InChI is InChI=1S/C12H12N4O5/c13-1-5-2-16(10-7(5)11(20)15-4-14-10)12-9(19)8(18)6(3-17)21-12/h2,4,6,8-9,12,17-19H,3H2,(H,14,15,20)/t6-,8+,9-,12+/m0/s1. The minimum atomic E-state index is -1.31. The van der Waals surface area contributed by atoms with Crippen molar-refractivity contribution < 1.29 is 20.1 Å². The minimum absolute atomic E-state index is 0.0806. The van der Waals surface area contributed by atoms with Gasteiger partial charge in [-0.05, 0) is 0 Å². The molecule has 0 aliphatic carbocycles. The first-order valence-corrected chi connectivity index (χ1v) is 6.19. The maximum Gasteiger partial charge on any atom is 0.261 e. The van der Waals surface area contributed by atoms with Gasteiger partial charge in [0.25, 0.3) is 5.56 Å². The smallest absolute Gasteiger partial charge is 0.261 e. The lowest BCUT2D eigenvalue weighted by Crippen LogP contribution is -2.33. The molecular formula is C12H12N4O5.